The average molecular weight is 408 g/mol. The molecule has 158 valence electrons. The molecule has 6 heteroatoms. The van der Waals surface area contributed by atoms with Gasteiger partial charge in [-0.3, -0.25) is 9.69 Å². The number of amides is 2. The van der Waals surface area contributed by atoms with Crippen LogP contribution in [0.2, 0.25) is 0 Å². The summed E-state index contributed by atoms with van der Waals surface area (Å²) in [5, 5.41) is 0. The summed E-state index contributed by atoms with van der Waals surface area (Å²) in [6, 6.07) is 5.68. The summed E-state index contributed by atoms with van der Waals surface area (Å²) in [5.41, 5.74) is 10.3. The van der Waals surface area contributed by atoms with Gasteiger partial charge in [0.2, 0.25) is 5.91 Å². The van der Waals surface area contributed by atoms with Crippen molar-refractivity contribution in [3.05, 3.63) is 53.8 Å². The zero-order chi connectivity index (χ0) is 21.3. The number of carbonyl (C=O) groups is 2. The van der Waals surface area contributed by atoms with E-state index in [-0.39, 0.29) is 24.1 Å². The molecule has 1 atom stereocenters. The second kappa shape index (κ2) is 8.38. The van der Waals surface area contributed by atoms with Crippen LogP contribution in [0.4, 0.5) is 16.2 Å². The molecular weight excluding hydrogens is 378 g/mol. The first kappa shape index (κ1) is 20.3. The van der Waals surface area contributed by atoms with Gasteiger partial charge in [0.05, 0.1) is 17.4 Å². The fraction of sp³-hybridized carbons (Fsp3) is 0.417. The number of fused-ring (bicyclic) bond motifs is 1. The van der Waals surface area contributed by atoms with E-state index in [1.165, 1.54) is 0 Å². The Balaban J connectivity index is 1.74. The highest BCUT2D eigenvalue weighted by Crippen LogP contribution is 2.39. The largest absolute Gasteiger partial charge is 0.446 e. The van der Waals surface area contributed by atoms with E-state index in [0.717, 1.165) is 48.2 Å². The molecule has 1 aromatic rings. The Morgan fingerprint density at radius 2 is 1.90 bits per heavy atom. The third-order valence-corrected chi connectivity index (χ3v) is 6.05. The summed E-state index contributed by atoms with van der Waals surface area (Å²) < 4.78 is 5.80. The highest BCUT2D eigenvalue weighted by molar-refractivity contribution is 6.03. The van der Waals surface area contributed by atoms with Crippen molar-refractivity contribution in [3.8, 4) is 0 Å². The summed E-state index contributed by atoms with van der Waals surface area (Å²) in [5.74, 6) is -0.0439. The van der Waals surface area contributed by atoms with E-state index in [1.807, 2.05) is 49.4 Å². The Labute approximate surface area is 177 Å². The quantitative estimate of drug-likeness (QED) is 0.782. The maximum Gasteiger partial charge on any atom is 0.414 e. The summed E-state index contributed by atoms with van der Waals surface area (Å²) in [7, 11) is 0. The first-order valence-electron chi connectivity index (χ1n) is 10.7. The molecule has 0 spiro atoms. The number of nitrogens with zero attached hydrogens (tertiary/aromatic N) is 2. The Hall–Kier alpha value is -3.02. The van der Waals surface area contributed by atoms with E-state index in [4.69, 9.17) is 10.5 Å². The lowest BCUT2D eigenvalue weighted by atomic mass is 9.98. The first-order valence-corrected chi connectivity index (χ1v) is 10.7. The van der Waals surface area contributed by atoms with Gasteiger partial charge in [-0.15, -0.1) is 0 Å². The molecule has 1 saturated carbocycles. The van der Waals surface area contributed by atoms with Crippen molar-refractivity contribution >= 4 is 28.9 Å². The zero-order valence-electron chi connectivity index (χ0n) is 17.6. The lowest BCUT2D eigenvalue weighted by Gasteiger charge is -2.40. The van der Waals surface area contributed by atoms with E-state index in [1.54, 1.807) is 16.7 Å². The van der Waals surface area contributed by atoms with Gasteiger partial charge < -0.3 is 15.4 Å². The highest BCUT2D eigenvalue weighted by Gasteiger charge is 2.35. The van der Waals surface area contributed by atoms with Gasteiger partial charge in [0.15, 0.2) is 0 Å². The van der Waals surface area contributed by atoms with Crippen LogP contribution in [0.3, 0.4) is 0 Å². The van der Waals surface area contributed by atoms with Crippen molar-refractivity contribution < 1.29 is 14.3 Å². The number of ether oxygens (including phenoxy) is 1. The molecule has 0 unspecified atom stereocenters. The van der Waals surface area contributed by atoms with Crippen molar-refractivity contribution in [2.24, 2.45) is 5.73 Å². The molecule has 0 radical (unpaired) electrons. The van der Waals surface area contributed by atoms with Crippen molar-refractivity contribution in [2.75, 3.05) is 16.3 Å². The summed E-state index contributed by atoms with van der Waals surface area (Å²) in [6.07, 6.45) is 12.3. The predicted octanol–water partition coefficient (Wildman–Crippen LogP) is 4.51. The highest BCUT2D eigenvalue weighted by atomic mass is 16.6. The van der Waals surface area contributed by atoms with Gasteiger partial charge in [-0.2, -0.15) is 0 Å². The van der Waals surface area contributed by atoms with Gasteiger partial charge in [-0.25, -0.2) is 4.79 Å². The monoisotopic (exact) mass is 407 g/mol. The molecule has 0 bridgehead atoms. The van der Waals surface area contributed by atoms with Gasteiger partial charge >= 0.3 is 6.09 Å². The molecule has 1 aliphatic heterocycles. The Morgan fingerprint density at radius 3 is 2.63 bits per heavy atom. The number of carbonyl (C=O) groups excluding carboxylic acids is 2. The van der Waals surface area contributed by atoms with Crippen LogP contribution < -0.4 is 15.5 Å². The van der Waals surface area contributed by atoms with Crippen LogP contribution in [0, 0.1) is 0 Å². The van der Waals surface area contributed by atoms with Gasteiger partial charge in [-0.05, 0) is 50.3 Å². The average Bonchev–Trinajstić information content (AvgIpc) is 3.12. The number of benzene rings is 1. The van der Waals surface area contributed by atoms with Gasteiger partial charge in [-0.1, -0.05) is 30.4 Å². The summed E-state index contributed by atoms with van der Waals surface area (Å²) >= 11 is 0. The van der Waals surface area contributed by atoms with Crippen molar-refractivity contribution in [1.29, 1.82) is 0 Å². The van der Waals surface area contributed by atoms with Gasteiger partial charge in [0, 0.05) is 31.2 Å². The third kappa shape index (κ3) is 3.86. The Morgan fingerprint density at radius 1 is 1.13 bits per heavy atom. The van der Waals surface area contributed by atoms with Gasteiger partial charge in [0.25, 0.3) is 0 Å². The second-order valence-corrected chi connectivity index (χ2v) is 8.27. The molecule has 6 nitrogen and oxygen atoms in total. The fourth-order valence-electron chi connectivity index (χ4n) is 4.58. The van der Waals surface area contributed by atoms with Crippen molar-refractivity contribution in [2.45, 2.75) is 58.1 Å². The van der Waals surface area contributed by atoms with Crippen LogP contribution in [0.1, 0.15) is 51.5 Å². The minimum Gasteiger partial charge on any atom is -0.446 e. The third-order valence-electron chi connectivity index (χ3n) is 6.05. The van der Waals surface area contributed by atoms with Crippen LogP contribution in [0.15, 0.2) is 48.2 Å². The topological polar surface area (TPSA) is 75.9 Å². The molecule has 2 N–H and O–H groups in total. The molecule has 2 aliphatic carbocycles. The van der Waals surface area contributed by atoms with Crippen LogP contribution in [0.25, 0.3) is 5.57 Å². The van der Waals surface area contributed by atoms with Gasteiger partial charge in [0.1, 0.15) is 6.10 Å². The summed E-state index contributed by atoms with van der Waals surface area (Å²) in [6.45, 7) is 3.91. The standard InChI is InChI=1S/C24H29N3O3/c1-16-15-26(24(29)30-19-8-6-7-9-19)23-14-18(12-13-22(23)27(16)17(2)28)20-10-4-3-5-11-21(20)25/h3-5,10,12-14,16,19H,6-9,11,15,25H2,1-2H3/t16-/m0/s1. The van der Waals surface area contributed by atoms with E-state index >= 15 is 0 Å². The number of hydrogen-bond donors (Lipinski definition) is 1. The molecule has 1 heterocycles. The van der Waals surface area contributed by atoms with E-state index in [0.29, 0.717) is 18.7 Å². The number of hydrogen-bond acceptors (Lipinski definition) is 4. The molecule has 2 amide bonds. The normalized spacial score (nSPS) is 21.6. The molecule has 0 aromatic heterocycles. The maximum atomic E-state index is 13.1. The molecule has 1 aromatic carbocycles. The van der Waals surface area contributed by atoms with Crippen LogP contribution in [-0.4, -0.2) is 30.7 Å². The molecule has 1 fully saturated rings. The summed E-state index contributed by atoms with van der Waals surface area (Å²) in [4.78, 5) is 28.9. The number of nitrogens with two attached hydrogens (primary N) is 1. The van der Waals surface area contributed by atoms with E-state index in [2.05, 4.69) is 0 Å². The molecule has 3 aliphatic rings. The van der Waals surface area contributed by atoms with Crippen LogP contribution in [-0.2, 0) is 9.53 Å². The lowest BCUT2D eigenvalue weighted by Crippen LogP contribution is -2.51. The molecule has 30 heavy (non-hydrogen) atoms. The van der Waals surface area contributed by atoms with E-state index in [9.17, 15) is 9.59 Å². The van der Waals surface area contributed by atoms with Crippen LogP contribution in [0.5, 0.6) is 0 Å². The number of allylic oxidation sites excluding steroid dienone is 5. The van der Waals surface area contributed by atoms with Crippen molar-refractivity contribution in [1.82, 2.24) is 0 Å². The SMILES string of the molecule is CC(=O)N1c2ccc(C3=C(N)CC=CC=C3)cc2N(C(=O)OC2CCCC2)C[C@@H]1C. The minimum absolute atomic E-state index is 0.0144. The lowest BCUT2D eigenvalue weighted by molar-refractivity contribution is -0.117. The first-order chi connectivity index (χ1) is 14.5. The number of anilines is 2. The maximum absolute atomic E-state index is 13.1. The predicted molar refractivity (Wildman–Crippen MR) is 119 cm³/mol. The number of rotatable bonds is 2. The second-order valence-electron chi connectivity index (χ2n) is 8.27. The Bertz CT molecular complexity index is 941. The molecule has 0 saturated heterocycles. The Kier molecular flexibility index (Phi) is 5.66. The molecule has 4 rings (SSSR count). The smallest absolute Gasteiger partial charge is 0.414 e. The fourth-order valence-corrected chi connectivity index (χ4v) is 4.58. The van der Waals surface area contributed by atoms with E-state index < -0.39 is 0 Å². The zero-order valence-corrected chi connectivity index (χ0v) is 17.6. The van der Waals surface area contributed by atoms with Crippen LogP contribution >= 0.6 is 0 Å². The minimum atomic E-state index is -0.338. The van der Waals surface area contributed by atoms with Crippen molar-refractivity contribution in [3.63, 3.8) is 0 Å². The molecular formula is C24H29N3O3.